The molecular formula is C57H71NO7Si. The van der Waals surface area contributed by atoms with Gasteiger partial charge in [-0.05, 0) is 153 Å². The highest BCUT2D eigenvalue weighted by Gasteiger charge is 2.51. The Balaban J connectivity index is 1.16. The van der Waals surface area contributed by atoms with Crippen molar-refractivity contribution < 1.29 is 32.2 Å². The lowest BCUT2D eigenvalue weighted by atomic mass is 9.71. The van der Waals surface area contributed by atoms with Crippen molar-refractivity contribution in [1.82, 2.24) is 0 Å². The Kier molecular flexibility index (Phi) is 13.6. The van der Waals surface area contributed by atoms with E-state index >= 15 is 0 Å². The summed E-state index contributed by atoms with van der Waals surface area (Å²) in [5.41, 5.74) is 5.59. The standard InChI is InChI=1S/C57H71NO7Si/c1-16-56(17-2)48-38-41(58-14)26-31-46(48)49-44-20-18-19-21-45(44)51-47(50(49)56)32-33-57(62-51,39-22-27-42(59-15)28-23-39)40-24-29-43(30-25-40)60-35-36-61-55(12,13)34-37-66(63-52(3,4)5,64-53(6,7)8)65-54(9,10)11/h18-33,38H,16-17,34-37H2,1-13,15H3. The van der Waals surface area contributed by atoms with Gasteiger partial charge in [0, 0.05) is 33.5 Å². The normalized spacial score (nSPS) is 16.9. The topological polar surface area (TPSA) is 69.0 Å². The molecule has 8 nitrogen and oxygen atoms in total. The van der Waals surface area contributed by atoms with Gasteiger partial charge in [0.2, 0.25) is 0 Å². The van der Waals surface area contributed by atoms with E-state index in [4.69, 9.17) is 38.8 Å². The Hall–Kier alpha value is -4.95. The number of nitrogens with zero attached hydrogens (tertiary/aromatic N) is 1. The Morgan fingerprint density at radius 3 is 1.77 bits per heavy atom. The summed E-state index contributed by atoms with van der Waals surface area (Å²) in [7, 11) is -1.49. The Bertz CT molecular complexity index is 2560. The second-order valence-corrected chi connectivity index (χ2v) is 23.9. The van der Waals surface area contributed by atoms with Gasteiger partial charge in [-0.2, -0.15) is 0 Å². The lowest BCUT2D eigenvalue weighted by Gasteiger charge is -2.44. The molecule has 5 aromatic carbocycles. The third-order valence-corrected chi connectivity index (χ3v) is 16.3. The molecule has 0 saturated heterocycles. The smallest absolute Gasteiger partial charge is 0.497 e. The summed E-state index contributed by atoms with van der Waals surface area (Å²) in [5.74, 6) is 2.37. The van der Waals surface area contributed by atoms with Crippen LogP contribution in [0.25, 0.3) is 32.8 Å². The van der Waals surface area contributed by atoms with Crippen LogP contribution in [0.2, 0.25) is 6.04 Å². The van der Waals surface area contributed by atoms with Crippen LogP contribution in [0.15, 0.2) is 97.1 Å². The van der Waals surface area contributed by atoms with Gasteiger partial charge in [-0.25, -0.2) is 4.85 Å². The quantitative estimate of drug-likeness (QED) is 0.0555. The zero-order valence-corrected chi connectivity index (χ0v) is 42.9. The number of methoxy groups -OCH3 is 1. The number of hydrogen-bond donors (Lipinski definition) is 0. The zero-order chi connectivity index (χ0) is 47.9. The van der Waals surface area contributed by atoms with Crippen LogP contribution in [0.1, 0.15) is 137 Å². The molecule has 0 amide bonds. The van der Waals surface area contributed by atoms with Gasteiger partial charge in [0.1, 0.15) is 23.9 Å². The maximum atomic E-state index is 7.86. The van der Waals surface area contributed by atoms with Crippen LogP contribution in [0, 0.1) is 6.57 Å². The van der Waals surface area contributed by atoms with Crippen molar-refractivity contribution in [2.45, 2.75) is 149 Å². The zero-order valence-electron chi connectivity index (χ0n) is 41.9. The van der Waals surface area contributed by atoms with E-state index in [0.29, 0.717) is 31.4 Å². The van der Waals surface area contributed by atoms with Crippen molar-refractivity contribution in [2.75, 3.05) is 20.3 Å². The van der Waals surface area contributed by atoms with Crippen LogP contribution in [-0.2, 0) is 29.0 Å². The highest BCUT2D eigenvalue weighted by molar-refractivity contribution is 6.61. The minimum Gasteiger partial charge on any atom is -0.497 e. The predicted octanol–water partition coefficient (Wildman–Crippen LogP) is 14.8. The SMILES string of the molecule is [C-]#[N+]c1ccc2c(c1)C(CC)(CC)c1c3c(c4ccccc4c1-2)OC(c1ccc(OC)cc1)(c1ccc(OCCOC(C)(C)CC[Si](OC(C)(C)C)(OC(C)(C)C)OC(C)(C)C)cc1)C=C3. The molecule has 1 unspecified atom stereocenters. The third-order valence-electron chi connectivity index (χ3n) is 12.6. The molecule has 1 heterocycles. The molecule has 0 bridgehead atoms. The van der Waals surface area contributed by atoms with Crippen LogP contribution >= 0.6 is 0 Å². The molecule has 66 heavy (non-hydrogen) atoms. The summed E-state index contributed by atoms with van der Waals surface area (Å²) < 4.78 is 46.2. The van der Waals surface area contributed by atoms with Crippen LogP contribution in [-0.4, -0.2) is 51.5 Å². The molecule has 0 N–H and O–H groups in total. The van der Waals surface area contributed by atoms with Crippen molar-refractivity contribution in [3.63, 3.8) is 0 Å². The largest absolute Gasteiger partial charge is 0.502 e. The molecule has 5 aromatic rings. The highest BCUT2D eigenvalue weighted by atomic mass is 28.4. The molecule has 0 saturated carbocycles. The van der Waals surface area contributed by atoms with Gasteiger partial charge in [-0.15, -0.1) is 0 Å². The first kappa shape index (κ1) is 49.0. The minimum absolute atomic E-state index is 0.278. The van der Waals surface area contributed by atoms with Crippen molar-refractivity contribution in [1.29, 1.82) is 0 Å². The fourth-order valence-corrected chi connectivity index (χ4v) is 14.1. The fraction of sp³-hybridized carbons (Fsp3) is 0.456. The summed E-state index contributed by atoms with van der Waals surface area (Å²) in [5, 5.41) is 2.20. The van der Waals surface area contributed by atoms with E-state index in [2.05, 4.69) is 168 Å². The van der Waals surface area contributed by atoms with Gasteiger partial charge in [-0.3, -0.25) is 0 Å². The lowest BCUT2D eigenvalue weighted by molar-refractivity contribution is -0.0823. The average molecular weight is 910 g/mol. The second kappa shape index (κ2) is 18.3. The van der Waals surface area contributed by atoms with E-state index in [1.165, 1.54) is 22.3 Å². The highest BCUT2D eigenvalue weighted by Crippen LogP contribution is 2.61. The van der Waals surface area contributed by atoms with Crippen molar-refractivity contribution in [2.24, 2.45) is 0 Å². The minimum atomic E-state index is -3.17. The van der Waals surface area contributed by atoms with Gasteiger partial charge in [0.15, 0.2) is 11.3 Å². The first-order valence-corrected chi connectivity index (χ1v) is 25.6. The van der Waals surface area contributed by atoms with E-state index in [1.54, 1.807) is 7.11 Å². The summed E-state index contributed by atoms with van der Waals surface area (Å²) in [6.45, 7) is 35.9. The molecule has 0 aromatic heterocycles. The molecular weight excluding hydrogens is 839 g/mol. The van der Waals surface area contributed by atoms with Crippen molar-refractivity contribution in [3.8, 4) is 28.4 Å². The number of benzene rings is 5. The summed E-state index contributed by atoms with van der Waals surface area (Å²) in [6.07, 6.45) is 6.97. The Morgan fingerprint density at radius 2 is 1.24 bits per heavy atom. The Morgan fingerprint density at radius 1 is 0.682 bits per heavy atom. The lowest BCUT2D eigenvalue weighted by Crippen LogP contribution is -2.57. The van der Waals surface area contributed by atoms with Crippen molar-refractivity contribution in [3.05, 3.63) is 136 Å². The Labute approximate surface area is 395 Å². The van der Waals surface area contributed by atoms with E-state index in [-0.39, 0.29) is 5.41 Å². The number of ether oxygens (including phenoxy) is 4. The average Bonchev–Trinajstić information content (AvgIpc) is 3.55. The van der Waals surface area contributed by atoms with E-state index in [1.807, 2.05) is 30.3 Å². The van der Waals surface area contributed by atoms with E-state index in [0.717, 1.165) is 57.6 Å². The van der Waals surface area contributed by atoms with Crippen molar-refractivity contribution >= 4 is 31.3 Å². The summed E-state index contributed by atoms with van der Waals surface area (Å²) in [4.78, 5) is 3.85. The number of fused-ring (bicyclic) bond motifs is 8. The maximum absolute atomic E-state index is 7.86. The monoisotopic (exact) mass is 909 g/mol. The fourth-order valence-electron chi connectivity index (χ4n) is 9.94. The van der Waals surface area contributed by atoms with E-state index in [9.17, 15) is 0 Å². The molecule has 1 aliphatic carbocycles. The molecule has 0 radical (unpaired) electrons. The molecule has 0 fully saturated rings. The third kappa shape index (κ3) is 10.0. The van der Waals surface area contributed by atoms with Gasteiger partial charge in [0.25, 0.3) is 0 Å². The molecule has 9 heteroatoms. The van der Waals surface area contributed by atoms with Gasteiger partial charge in [0.05, 0.1) is 42.7 Å². The summed E-state index contributed by atoms with van der Waals surface area (Å²) >= 11 is 0. The number of hydrogen-bond acceptors (Lipinski definition) is 7. The molecule has 7 rings (SSSR count). The van der Waals surface area contributed by atoms with Gasteiger partial charge < -0.3 is 32.2 Å². The van der Waals surface area contributed by atoms with E-state index < -0.39 is 36.8 Å². The first-order chi connectivity index (χ1) is 31.0. The van der Waals surface area contributed by atoms with Crippen LogP contribution in [0.3, 0.4) is 0 Å². The summed E-state index contributed by atoms with van der Waals surface area (Å²) in [6, 6.07) is 31.8. The first-order valence-electron chi connectivity index (χ1n) is 23.6. The van der Waals surface area contributed by atoms with Crippen LogP contribution in [0.4, 0.5) is 5.69 Å². The van der Waals surface area contributed by atoms with Crippen LogP contribution < -0.4 is 14.2 Å². The molecule has 1 aliphatic heterocycles. The second-order valence-electron chi connectivity index (χ2n) is 21.4. The van der Waals surface area contributed by atoms with Gasteiger partial charge in [-0.1, -0.05) is 86.7 Å². The number of rotatable bonds is 16. The molecule has 350 valence electrons. The van der Waals surface area contributed by atoms with Crippen LogP contribution in [0.5, 0.6) is 17.2 Å². The maximum Gasteiger partial charge on any atom is 0.502 e. The van der Waals surface area contributed by atoms with Gasteiger partial charge >= 0.3 is 8.80 Å². The molecule has 0 spiro atoms. The molecule has 2 aliphatic rings. The predicted molar refractivity (Wildman–Crippen MR) is 270 cm³/mol. The molecule has 1 atom stereocenters.